The Hall–Kier alpha value is 0.800. The summed E-state index contributed by atoms with van der Waals surface area (Å²) in [6.07, 6.45) is 2.16. The van der Waals surface area contributed by atoms with Crippen molar-refractivity contribution in [2.45, 2.75) is 25.8 Å². The van der Waals surface area contributed by atoms with E-state index in [0.717, 1.165) is 19.4 Å². The third-order valence-corrected chi connectivity index (χ3v) is 7.11. The molecule has 0 aromatic carbocycles. The largest absolute Gasteiger partial charge is 0.310 e. The van der Waals surface area contributed by atoms with Crippen molar-refractivity contribution in [1.29, 1.82) is 0 Å². The van der Waals surface area contributed by atoms with Gasteiger partial charge in [-0.2, -0.15) is 0 Å². The lowest BCUT2D eigenvalue weighted by Gasteiger charge is -2.18. The molecule has 0 spiro atoms. The van der Waals surface area contributed by atoms with Crippen molar-refractivity contribution in [1.82, 2.24) is 5.32 Å². The molecule has 104 valence electrons. The average molecular weight is 488 g/mol. The Balaban J connectivity index is 2.20. The highest BCUT2D eigenvalue weighted by Gasteiger charge is 2.18. The Bertz CT molecular complexity index is 536. The third kappa shape index (κ3) is 4.38. The molecule has 0 bridgehead atoms. The van der Waals surface area contributed by atoms with E-state index in [0.29, 0.717) is 6.04 Å². The van der Waals surface area contributed by atoms with Crippen LogP contribution in [-0.2, 0) is 6.42 Å². The van der Waals surface area contributed by atoms with Crippen LogP contribution in [0.4, 0.5) is 0 Å². The van der Waals surface area contributed by atoms with E-state index in [9.17, 15) is 0 Å². The van der Waals surface area contributed by atoms with Crippen molar-refractivity contribution in [2.75, 3.05) is 6.54 Å². The first-order chi connectivity index (χ1) is 9.11. The van der Waals surface area contributed by atoms with E-state index in [1.807, 2.05) is 11.3 Å². The molecule has 6 heteroatoms. The van der Waals surface area contributed by atoms with Crippen molar-refractivity contribution in [3.8, 4) is 0 Å². The molecule has 0 aliphatic heterocycles. The highest BCUT2D eigenvalue weighted by atomic mass is 79.9. The second-order valence-corrected chi connectivity index (χ2v) is 9.79. The zero-order valence-corrected chi connectivity index (χ0v) is 16.8. The predicted molar refractivity (Wildman–Crippen MR) is 96.5 cm³/mol. The molecule has 2 heterocycles. The van der Waals surface area contributed by atoms with Gasteiger partial charge in [-0.3, -0.25) is 0 Å². The van der Waals surface area contributed by atoms with E-state index in [-0.39, 0.29) is 0 Å². The Morgan fingerprint density at radius 3 is 2.63 bits per heavy atom. The fraction of sp³-hybridized carbons (Fsp3) is 0.385. The Labute approximate surface area is 147 Å². The molecule has 2 rings (SSSR count). The van der Waals surface area contributed by atoms with Gasteiger partial charge in [-0.1, -0.05) is 6.92 Å². The molecule has 0 aliphatic rings. The highest BCUT2D eigenvalue weighted by molar-refractivity contribution is 9.12. The van der Waals surface area contributed by atoms with Gasteiger partial charge in [0.1, 0.15) is 0 Å². The minimum absolute atomic E-state index is 0.354. The van der Waals surface area contributed by atoms with Crippen LogP contribution >= 0.6 is 70.5 Å². The van der Waals surface area contributed by atoms with E-state index in [1.165, 1.54) is 22.5 Å². The van der Waals surface area contributed by atoms with E-state index in [2.05, 4.69) is 77.5 Å². The summed E-state index contributed by atoms with van der Waals surface area (Å²) in [4.78, 5) is 1.39. The van der Waals surface area contributed by atoms with Crippen LogP contribution in [0.25, 0.3) is 0 Å². The van der Waals surface area contributed by atoms with Gasteiger partial charge in [-0.25, -0.2) is 0 Å². The standard InChI is InChI=1S/C13H14Br3NS2/c1-2-4-17-10(7-11-9(14)3-5-18-11)8-6-12(15)19-13(8)16/h3,5-6,10,17H,2,4,7H2,1H3. The molecule has 0 saturated heterocycles. The van der Waals surface area contributed by atoms with Crippen LogP contribution in [0.1, 0.15) is 29.8 Å². The number of halogens is 3. The number of thiophene rings is 2. The third-order valence-electron chi connectivity index (χ3n) is 2.78. The molecule has 0 radical (unpaired) electrons. The summed E-state index contributed by atoms with van der Waals surface area (Å²) in [6, 6.07) is 4.69. The van der Waals surface area contributed by atoms with E-state index < -0.39 is 0 Å². The predicted octanol–water partition coefficient (Wildman–Crippen LogP) is 6.38. The van der Waals surface area contributed by atoms with Crippen LogP contribution in [0.15, 0.2) is 29.6 Å². The molecule has 19 heavy (non-hydrogen) atoms. The summed E-state index contributed by atoms with van der Waals surface area (Å²) in [5.74, 6) is 0. The maximum atomic E-state index is 3.67. The zero-order valence-electron chi connectivity index (χ0n) is 10.4. The quantitative estimate of drug-likeness (QED) is 0.498. The van der Waals surface area contributed by atoms with Gasteiger partial charge in [0, 0.05) is 21.8 Å². The summed E-state index contributed by atoms with van der Waals surface area (Å²) in [6.45, 7) is 3.23. The van der Waals surface area contributed by atoms with E-state index >= 15 is 0 Å². The lowest BCUT2D eigenvalue weighted by Crippen LogP contribution is -2.23. The summed E-state index contributed by atoms with van der Waals surface area (Å²) in [7, 11) is 0. The SMILES string of the molecule is CCCNC(Cc1sccc1Br)c1cc(Br)sc1Br. The minimum Gasteiger partial charge on any atom is -0.310 e. The van der Waals surface area contributed by atoms with Crippen LogP contribution in [-0.4, -0.2) is 6.54 Å². The molecule has 1 nitrogen and oxygen atoms in total. The maximum absolute atomic E-state index is 3.67. The van der Waals surface area contributed by atoms with Crippen LogP contribution in [0.2, 0.25) is 0 Å². The van der Waals surface area contributed by atoms with E-state index in [1.54, 1.807) is 11.3 Å². The summed E-state index contributed by atoms with van der Waals surface area (Å²) >= 11 is 14.4. The number of nitrogens with one attached hydrogen (secondary N) is 1. The van der Waals surface area contributed by atoms with Gasteiger partial charge in [0.2, 0.25) is 0 Å². The van der Waals surface area contributed by atoms with Crippen LogP contribution in [0.3, 0.4) is 0 Å². The van der Waals surface area contributed by atoms with Crippen LogP contribution < -0.4 is 5.32 Å². The highest BCUT2D eigenvalue weighted by Crippen LogP contribution is 2.38. The smallest absolute Gasteiger partial charge is 0.0758 e. The summed E-state index contributed by atoms with van der Waals surface area (Å²) < 4.78 is 3.59. The van der Waals surface area contributed by atoms with Gasteiger partial charge in [-0.15, -0.1) is 22.7 Å². The van der Waals surface area contributed by atoms with Crippen LogP contribution in [0, 0.1) is 0 Å². The van der Waals surface area contributed by atoms with Crippen LogP contribution in [0.5, 0.6) is 0 Å². The summed E-state index contributed by atoms with van der Waals surface area (Å²) in [5, 5.41) is 5.78. The van der Waals surface area contributed by atoms with Crippen molar-refractivity contribution in [3.05, 3.63) is 40.0 Å². The fourth-order valence-corrected chi connectivity index (χ4v) is 6.39. The van der Waals surface area contributed by atoms with Gasteiger partial charge in [-0.05, 0) is 83.8 Å². The first-order valence-corrected chi connectivity index (χ1v) is 10.1. The van der Waals surface area contributed by atoms with Gasteiger partial charge in [0.15, 0.2) is 0 Å². The topological polar surface area (TPSA) is 12.0 Å². The Morgan fingerprint density at radius 1 is 1.32 bits per heavy atom. The first kappa shape index (κ1) is 16.2. The molecule has 0 amide bonds. The second kappa shape index (κ2) is 7.71. The second-order valence-electron chi connectivity index (χ2n) is 4.18. The van der Waals surface area contributed by atoms with E-state index in [4.69, 9.17) is 0 Å². The molecule has 0 saturated carbocycles. The van der Waals surface area contributed by atoms with Crippen molar-refractivity contribution >= 4 is 70.5 Å². The molecule has 1 atom stereocenters. The van der Waals surface area contributed by atoms with Gasteiger partial charge in [0.05, 0.1) is 7.57 Å². The first-order valence-electron chi connectivity index (χ1n) is 6.01. The Morgan fingerprint density at radius 2 is 2.11 bits per heavy atom. The van der Waals surface area contributed by atoms with Crippen molar-refractivity contribution in [3.63, 3.8) is 0 Å². The fourth-order valence-electron chi connectivity index (χ4n) is 1.86. The molecular weight excluding hydrogens is 474 g/mol. The van der Waals surface area contributed by atoms with Crippen molar-refractivity contribution in [2.24, 2.45) is 0 Å². The monoisotopic (exact) mass is 485 g/mol. The molecule has 1 N–H and O–H groups in total. The summed E-state index contributed by atoms with van der Waals surface area (Å²) in [5.41, 5.74) is 1.34. The number of rotatable bonds is 6. The maximum Gasteiger partial charge on any atom is 0.0758 e. The molecule has 0 aliphatic carbocycles. The van der Waals surface area contributed by atoms with Gasteiger partial charge < -0.3 is 5.32 Å². The molecule has 1 unspecified atom stereocenters. The minimum atomic E-state index is 0.354. The molecule has 0 fully saturated rings. The zero-order chi connectivity index (χ0) is 13.8. The lowest BCUT2D eigenvalue weighted by atomic mass is 10.1. The lowest BCUT2D eigenvalue weighted by molar-refractivity contribution is 0.531. The van der Waals surface area contributed by atoms with Gasteiger partial charge in [0.25, 0.3) is 0 Å². The molecule has 2 aromatic heterocycles. The number of hydrogen-bond donors (Lipinski definition) is 1. The van der Waals surface area contributed by atoms with Crippen molar-refractivity contribution < 1.29 is 0 Å². The normalized spacial score (nSPS) is 12.8. The molecular formula is C13H14Br3NS2. The number of hydrogen-bond acceptors (Lipinski definition) is 3. The molecule has 2 aromatic rings. The Kier molecular flexibility index (Phi) is 6.56. The average Bonchev–Trinajstić information content (AvgIpc) is 2.91. The van der Waals surface area contributed by atoms with Gasteiger partial charge >= 0.3 is 0 Å².